The minimum Gasteiger partial charge on any atom is -0.488 e. The van der Waals surface area contributed by atoms with Crippen LogP contribution in [0.25, 0.3) is 22.2 Å². The average Bonchev–Trinajstić information content (AvgIpc) is 3.53. The fourth-order valence-electron chi connectivity index (χ4n) is 4.60. The Morgan fingerprint density at radius 1 is 0.979 bits per heavy atom. The van der Waals surface area contributed by atoms with Gasteiger partial charge in [-0.05, 0) is 70.0 Å². The van der Waals surface area contributed by atoms with Crippen molar-refractivity contribution >= 4 is 64.8 Å². The summed E-state index contributed by atoms with van der Waals surface area (Å²) in [5, 5.41) is 6.32. The number of hydrogen-bond acceptors (Lipinski definition) is 10. The van der Waals surface area contributed by atoms with Gasteiger partial charge in [0.15, 0.2) is 0 Å². The van der Waals surface area contributed by atoms with Crippen LogP contribution in [0.3, 0.4) is 0 Å². The van der Waals surface area contributed by atoms with Crippen molar-refractivity contribution in [2.75, 3.05) is 18.5 Å². The third-order valence-electron chi connectivity index (χ3n) is 6.88. The van der Waals surface area contributed by atoms with Crippen molar-refractivity contribution < 1.29 is 26.7 Å². The van der Waals surface area contributed by atoms with E-state index in [4.69, 9.17) is 9.47 Å². The summed E-state index contributed by atoms with van der Waals surface area (Å²) < 4.78 is 64.2. The zero-order valence-electron chi connectivity index (χ0n) is 24.4. The van der Waals surface area contributed by atoms with Crippen LogP contribution in [-0.4, -0.2) is 46.4 Å². The van der Waals surface area contributed by atoms with Crippen LogP contribution in [0.1, 0.15) is 16.3 Å². The molecule has 0 saturated carbocycles. The normalized spacial score (nSPS) is 11.0. The van der Waals surface area contributed by atoms with Gasteiger partial charge in [0.25, 0.3) is 0 Å². The Kier molecular flexibility index (Phi) is 10.2. The lowest BCUT2D eigenvalue weighted by Gasteiger charge is -2.13. The summed E-state index contributed by atoms with van der Waals surface area (Å²) in [6, 6.07) is 19.6. The highest BCUT2D eigenvalue weighted by molar-refractivity contribution is 9.10. The summed E-state index contributed by atoms with van der Waals surface area (Å²) in [4.78, 5) is 17.4. The Labute approximate surface area is 282 Å². The Morgan fingerprint density at radius 2 is 1.87 bits per heavy atom. The predicted molar refractivity (Wildman–Crippen MR) is 181 cm³/mol. The van der Waals surface area contributed by atoms with Crippen molar-refractivity contribution in [1.82, 2.24) is 19.9 Å². The number of rotatable bonds is 12. The molecule has 238 valence electrons. The topological polar surface area (TPSA) is 116 Å². The van der Waals surface area contributed by atoms with Crippen LogP contribution in [0.5, 0.6) is 5.75 Å². The van der Waals surface area contributed by atoms with Gasteiger partial charge in [-0.3, -0.25) is 4.98 Å². The number of hydrogen-bond donors (Lipinski definition) is 1. The number of halogens is 3. The van der Waals surface area contributed by atoms with Crippen LogP contribution >= 0.6 is 27.3 Å². The largest absolute Gasteiger partial charge is 0.488 e. The number of ether oxygens (including phenoxy) is 2. The van der Waals surface area contributed by atoms with Gasteiger partial charge in [0.05, 0.1) is 39.6 Å². The van der Waals surface area contributed by atoms with Crippen LogP contribution in [0.2, 0.25) is 0 Å². The molecule has 3 aromatic carbocycles. The van der Waals surface area contributed by atoms with Crippen molar-refractivity contribution in [2.24, 2.45) is 0 Å². The van der Waals surface area contributed by atoms with Gasteiger partial charge >= 0.3 is 0 Å². The monoisotopic (exact) mass is 735 g/mol. The summed E-state index contributed by atoms with van der Waals surface area (Å²) in [5.41, 5.74) is 2.88. The Hall–Kier alpha value is -4.63. The van der Waals surface area contributed by atoms with Crippen LogP contribution < -0.4 is 10.1 Å². The minimum atomic E-state index is -2.47. The van der Waals surface area contributed by atoms with Crippen LogP contribution in [-0.2, 0) is 28.1 Å². The van der Waals surface area contributed by atoms with E-state index in [0.29, 0.717) is 61.0 Å². The average molecular weight is 737 g/mol. The summed E-state index contributed by atoms with van der Waals surface area (Å²) in [7, 11) is -2.47. The maximum absolute atomic E-state index is 15.3. The smallest absolute Gasteiger partial charge is 0.221 e. The first-order valence-corrected chi connectivity index (χ1v) is 16.9. The molecular weight excluding hydrogens is 712 g/mol. The molecule has 0 saturated heterocycles. The Morgan fingerprint density at radius 3 is 2.66 bits per heavy atom. The second kappa shape index (κ2) is 14.9. The van der Waals surface area contributed by atoms with Gasteiger partial charge in [0.2, 0.25) is 10.3 Å². The third-order valence-corrected chi connectivity index (χ3v) is 9.13. The lowest BCUT2D eigenvalue weighted by atomic mass is 10.1. The maximum atomic E-state index is 15.3. The Balaban J connectivity index is 1.14. The SMILES string of the molecule is O=S(=O)=C(COCCc1nc(-c2cc3c(Nc4ccc(OCc5cccc(F)c5)c(Br)c4)ncnc3cc2F)cs1)c1ccccn1. The number of fused-ring (bicyclic) bond motifs is 1. The highest BCUT2D eigenvalue weighted by Gasteiger charge is 2.15. The molecule has 3 aromatic heterocycles. The Bertz CT molecular complexity index is 2190. The summed E-state index contributed by atoms with van der Waals surface area (Å²) >= 11 is 4.88. The van der Waals surface area contributed by atoms with Gasteiger partial charge in [-0.2, -0.15) is 8.42 Å². The number of nitrogens with zero attached hydrogens (tertiary/aromatic N) is 4. The molecule has 0 radical (unpaired) electrons. The quantitative estimate of drug-likeness (QED) is 0.0794. The van der Waals surface area contributed by atoms with Crippen molar-refractivity contribution in [3.05, 3.63) is 123 Å². The van der Waals surface area contributed by atoms with E-state index in [1.54, 1.807) is 47.8 Å². The predicted octanol–water partition coefficient (Wildman–Crippen LogP) is 7.17. The molecule has 6 rings (SSSR count). The lowest BCUT2D eigenvalue weighted by molar-refractivity contribution is 0.176. The molecule has 3 heterocycles. The van der Waals surface area contributed by atoms with E-state index in [-0.39, 0.29) is 36.1 Å². The van der Waals surface area contributed by atoms with Crippen LogP contribution in [0, 0.1) is 11.6 Å². The molecule has 47 heavy (non-hydrogen) atoms. The third kappa shape index (κ3) is 8.03. The van der Waals surface area contributed by atoms with E-state index in [1.807, 2.05) is 12.1 Å². The number of thiazole rings is 1. The van der Waals surface area contributed by atoms with E-state index in [2.05, 4.69) is 41.2 Å². The maximum Gasteiger partial charge on any atom is 0.221 e. The first-order chi connectivity index (χ1) is 22.8. The highest BCUT2D eigenvalue weighted by Crippen LogP contribution is 2.34. The molecule has 0 spiro atoms. The molecule has 0 aliphatic carbocycles. The lowest BCUT2D eigenvalue weighted by Crippen LogP contribution is -2.14. The number of nitrogens with one attached hydrogen (secondary N) is 1. The molecule has 14 heteroatoms. The number of pyridine rings is 1. The summed E-state index contributed by atoms with van der Waals surface area (Å²) in [6.07, 6.45) is 3.28. The van der Waals surface area contributed by atoms with Gasteiger partial charge in [-0.1, -0.05) is 18.2 Å². The minimum absolute atomic E-state index is 0.0628. The van der Waals surface area contributed by atoms with Crippen LogP contribution in [0.4, 0.5) is 20.3 Å². The van der Waals surface area contributed by atoms with E-state index >= 15 is 4.39 Å². The molecular formula is C33H24BrF2N5O4S2. The van der Waals surface area contributed by atoms with Gasteiger partial charge in [0.1, 0.15) is 41.0 Å². The van der Waals surface area contributed by atoms with E-state index in [1.165, 1.54) is 42.1 Å². The molecule has 0 bridgehead atoms. The fraction of sp³-hybridized carbons (Fsp3) is 0.121. The van der Waals surface area contributed by atoms with Gasteiger partial charge < -0.3 is 14.8 Å². The van der Waals surface area contributed by atoms with E-state index in [0.717, 1.165) is 0 Å². The summed E-state index contributed by atoms with van der Waals surface area (Å²) in [6.45, 7) is 0.295. The standard InChI is InChI=1S/C33H24BrF2N5O4S2/c34-25-13-22(7-8-30(25)45-16-20-4-3-5-21(35)12-20)40-33-24-14-23(26(36)15-28(24)38-19-39-33)29-18-46-32(41-29)9-11-44-17-31(47(42)43)27-6-1-2-10-37-27/h1-8,10,12-15,18-19H,9,11,16-17H2,(H,38,39,40). The van der Waals surface area contributed by atoms with Crippen molar-refractivity contribution in [1.29, 1.82) is 0 Å². The zero-order chi connectivity index (χ0) is 32.8. The summed E-state index contributed by atoms with van der Waals surface area (Å²) in [5.74, 6) is 0.239. The van der Waals surface area contributed by atoms with Crippen molar-refractivity contribution in [3.63, 3.8) is 0 Å². The second-order valence-corrected chi connectivity index (χ2v) is 12.8. The first kappa shape index (κ1) is 32.3. The first-order valence-electron chi connectivity index (χ1n) is 14.1. The number of benzene rings is 3. The van der Waals surface area contributed by atoms with Crippen molar-refractivity contribution in [2.45, 2.75) is 13.0 Å². The second-order valence-electron chi connectivity index (χ2n) is 10.1. The molecule has 6 aromatic rings. The fourth-order valence-corrected chi connectivity index (χ4v) is 6.35. The molecule has 0 amide bonds. The molecule has 0 aliphatic rings. The van der Waals surface area contributed by atoms with E-state index < -0.39 is 16.1 Å². The molecule has 0 fully saturated rings. The van der Waals surface area contributed by atoms with Gasteiger partial charge in [-0.25, -0.2) is 23.7 Å². The number of anilines is 2. The molecule has 0 atom stereocenters. The molecule has 0 unspecified atom stereocenters. The highest BCUT2D eigenvalue weighted by atomic mass is 79.9. The van der Waals surface area contributed by atoms with Gasteiger partial charge in [0, 0.05) is 40.7 Å². The molecule has 9 nitrogen and oxygen atoms in total. The van der Waals surface area contributed by atoms with Crippen LogP contribution in [0.15, 0.2) is 95.2 Å². The molecule has 0 aliphatic heterocycles. The molecule has 1 N–H and O–H groups in total. The zero-order valence-corrected chi connectivity index (χ0v) is 27.6. The van der Waals surface area contributed by atoms with Crippen molar-refractivity contribution in [3.8, 4) is 17.0 Å². The van der Waals surface area contributed by atoms with E-state index in [9.17, 15) is 12.8 Å². The number of aromatic nitrogens is 4. The van der Waals surface area contributed by atoms with Gasteiger partial charge in [-0.15, -0.1) is 11.3 Å².